The lowest BCUT2D eigenvalue weighted by Crippen LogP contribution is -2.30. The zero-order valence-corrected chi connectivity index (χ0v) is 13.5. The highest BCUT2D eigenvalue weighted by atomic mass is 16.6. The van der Waals surface area contributed by atoms with Gasteiger partial charge in [0.15, 0.2) is 6.23 Å². The predicted molar refractivity (Wildman–Crippen MR) is 81.9 cm³/mol. The molecule has 0 bridgehead atoms. The van der Waals surface area contributed by atoms with Crippen LogP contribution >= 0.6 is 0 Å². The summed E-state index contributed by atoms with van der Waals surface area (Å²) in [7, 11) is 3.69. The number of amides is 1. The third kappa shape index (κ3) is 11.5. The Bertz CT molecular complexity index is 360. The number of nitrogens with zero attached hydrogens (tertiary/aromatic N) is 1. The number of hydrogen-bond acceptors (Lipinski definition) is 4. The minimum Gasteiger partial charge on any atom is -0.443 e. The molecule has 0 heterocycles. The van der Waals surface area contributed by atoms with Gasteiger partial charge in [0, 0.05) is 11.1 Å². The molecule has 116 valence electrons. The van der Waals surface area contributed by atoms with E-state index in [2.05, 4.69) is 13.5 Å². The second kappa shape index (κ2) is 11.2. The summed E-state index contributed by atoms with van der Waals surface area (Å²) in [6.07, 6.45) is 3.67. The van der Waals surface area contributed by atoms with Crippen LogP contribution in [0.3, 0.4) is 0 Å². The SMILES string of the molecule is C=C(C)C(=O)OC(C)N(C)C.CCCC=C(C)C(N)=O. The lowest BCUT2D eigenvalue weighted by molar-refractivity contribution is -0.150. The minimum absolute atomic E-state index is 0.195. The van der Waals surface area contributed by atoms with Crippen molar-refractivity contribution >= 4 is 11.9 Å². The topological polar surface area (TPSA) is 72.6 Å². The van der Waals surface area contributed by atoms with E-state index in [0.29, 0.717) is 11.1 Å². The molecule has 0 rings (SSSR count). The van der Waals surface area contributed by atoms with E-state index >= 15 is 0 Å². The molecule has 0 aromatic heterocycles. The fourth-order valence-electron chi connectivity index (χ4n) is 0.822. The summed E-state index contributed by atoms with van der Waals surface area (Å²) in [5, 5.41) is 0. The van der Waals surface area contributed by atoms with Crippen LogP contribution in [0, 0.1) is 0 Å². The van der Waals surface area contributed by atoms with Crippen molar-refractivity contribution in [1.29, 1.82) is 0 Å². The first-order valence-corrected chi connectivity index (χ1v) is 6.62. The minimum atomic E-state index is -0.341. The molecule has 0 aliphatic rings. The Morgan fingerprint density at radius 3 is 2.15 bits per heavy atom. The molecule has 1 atom stereocenters. The molecule has 0 fully saturated rings. The van der Waals surface area contributed by atoms with E-state index in [0.717, 1.165) is 12.8 Å². The number of hydrogen-bond donors (Lipinski definition) is 1. The fourth-order valence-corrected chi connectivity index (χ4v) is 0.822. The first-order valence-electron chi connectivity index (χ1n) is 6.62. The number of esters is 1. The Balaban J connectivity index is 0. The first kappa shape index (κ1) is 20.7. The van der Waals surface area contributed by atoms with Gasteiger partial charge in [0.1, 0.15) is 0 Å². The second-order valence-corrected chi connectivity index (χ2v) is 4.79. The molecule has 0 aromatic carbocycles. The number of carbonyl (C=O) groups excluding carboxylic acids is 2. The largest absolute Gasteiger partial charge is 0.443 e. The van der Waals surface area contributed by atoms with Gasteiger partial charge >= 0.3 is 5.97 Å². The number of rotatable bonds is 6. The third-order valence-corrected chi connectivity index (χ3v) is 2.48. The van der Waals surface area contributed by atoms with Crippen LogP contribution in [0.25, 0.3) is 0 Å². The van der Waals surface area contributed by atoms with Gasteiger partial charge in [-0.25, -0.2) is 4.79 Å². The maximum Gasteiger partial charge on any atom is 0.334 e. The highest BCUT2D eigenvalue weighted by Crippen LogP contribution is 1.99. The van der Waals surface area contributed by atoms with E-state index < -0.39 is 0 Å². The predicted octanol–water partition coefficient (Wildman–Crippen LogP) is 2.23. The Hall–Kier alpha value is -1.62. The second-order valence-electron chi connectivity index (χ2n) is 4.79. The van der Waals surface area contributed by atoms with Crippen molar-refractivity contribution in [2.45, 2.75) is 46.8 Å². The Labute approximate surface area is 122 Å². The van der Waals surface area contributed by atoms with Crippen LogP contribution in [0.5, 0.6) is 0 Å². The van der Waals surface area contributed by atoms with Gasteiger partial charge in [0.05, 0.1) is 0 Å². The van der Waals surface area contributed by atoms with Gasteiger partial charge in [-0.3, -0.25) is 9.69 Å². The Kier molecular flexibility index (Phi) is 11.6. The molecule has 0 aliphatic carbocycles. The van der Waals surface area contributed by atoms with E-state index in [9.17, 15) is 9.59 Å². The maximum absolute atomic E-state index is 10.9. The van der Waals surface area contributed by atoms with Crippen LogP contribution in [0.1, 0.15) is 40.5 Å². The van der Waals surface area contributed by atoms with E-state index in [-0.39, 0.29) is 18.1 Å². The zero-order chi connectivity index (χ0) is 16.3. The summed E-state index contributed by atoms with van der Waals surface area (Å²) < 4.78 is 4.96. The molecule has 0 saturated heterocycles. The van der Waals surface area contributed by atoms with Gasteiger partial charge in [-0.15, -0.1) is 0 Å². The first-order chi connectivity index (χ1) is 9.13. The van der Waals surface area contributed by atoms with E-state index in [1.54, 1.807) is 25.7 Å². The zero-order valence-electron chi connectivity index (χ0n) is 13.5. The number of allylic oxidation sites excluding steroid dienone is 1. The van der Waals surface area contributed by atoms with Gasteiger partial charge in [0.2, 0.25) is 5.91 Å². The third-order valence-electron chi connectivity index (χ3n) is 2.48. The molecular weight excluding hydrogens is 256 g/mol. The van der Waals surface area contributed by atoms with Crippen molar-refractivity contribution in [1.82, 2.24) is 4.90 Å². The number of ether oxygens (including phenoxy) is 1. The molecule has 20 heavy (non-hydrogen) atoms. The standard InChI is InChI=1S/C8H15NO2.C7H13NO/c1-6(2)8(10)11-7(3)9(4)5;1-3-4-5-6(2)7(8)9/h7H,1H2,2-5H3;5H,3-4H2,1-2H3,(H2,8,9). The van der Waals surface area contributed by atoms with Crippen molar-refractivity contribution in [2.24, 2.45) is 5.73 Å². The molecule has 5 nitrogen and oxygen atoms in total. The smallest absolute Gasteiger partial charge is 0.334 e. The monoisotopic (exact) mass is 284 g/mol. The van der Waals surface area contributed by atoms with E-state index in [1.165, 1.54) is 0 Å². The normalized spacial score (nSPS) is 12.2. The quantitative estimate of drug-likeness (QED) is 0.461. The average molecular weight is 284 g/mol. The van der Waals surface area contributed by atoms with Crippen LogP contribution in [0.2, 0.25) is 0 Å². The average Bonchev–Trinajstić information content (AvgIpc) is 2.35. The van der Waals surface area contributed by atoms with E-state index in [4.69, 9.17) is 10.5 Å². The summed E-state index contributed by atoms with van der Waals surface area (Å²) in [5.41, 5.74) is 6.06. The molecule has 1 unspecified atom stereocenters. The summed E-state index contributed by atoms with van der Waals surface area (Å²) in [6, 6.07) is 0. The molecule has 1 amide bonds. The van der Waals surface area contributed by atoms with E-state index in [1.807, 2.05) is 20.2 Å². The number of nitrogens with two attached hydrogens (primary N) is 1. The van der Waals surface area contributed by atoms with Crippen molar-refractivity contribution in [2.75, 3.05) is 14.1 Å². The highest BCUT2D eigenvalue weighted by Gasteiger charge is 2.10. The summed E-state index contributed by atoms with van der Waals surface area (Å²) in [6.45, 7) is 10.7. The molecule has 0 aromatic rings. The van der Waals surface area contributed by atoms with Gasteiger partial charge in [-0.05, 0) is 41.3 Å². The van der Waals surface area contributed by atoms with Crippen LogP contribution in [0.15, 0.2) is 23.8 Å². The van der Waals surface area contributed by atoms with Gasteiger partial charge in [0.25, 0.3) is 0 Å². The lowest BCUT2D eigenvalue weighted by atomic mass is 10.2. The molecule has 5 heteroatoms. The molecule has 0 saturated carbocycles. The molecular formula is C15H28N2O3. The molecule has 0 spiro atoms. The number of unbranched alkanes of at least 4 members (excludes halogenated alkanes) is 1. The van der Waals surface area contributed by atoms with Crippen LogP contribution in [-0.4, -0.2) is 37.1 Å². The number of primary amides is 1. The summed E-state index contributed by atoms with van der Waals surface area (Å²) in [4.78, 5) is 23.1. The lowest BCUT2D eigenvalue weighted by Gasteiger charge is -2.19. The van der Waals surface area contributed by atoms with Gasteiger partial charge in [-0.2, -0.15) is 0 Å². The van der Waals surface area contributed by atoms with Gasteiger partial charge in [-0.1, -0.05) is 26.0 Å². The summed E-state index contributed by atoms with van der Waals surface area (Å²) >= 11 is 0. The molecule has 2 N–H and O–H groups in total. The van der Waals surface area contributed by atoms with Crippen molar-refractivity contribution in [3.05, 3.63) is 23.8 Å². The van der Waals surface area contributed by atoms with Gasteiger partial charge < -0.3 is 10.5 Å². The van der Waals surface area contributed by atoms with Crippen molar-refractivity contribution < 1.29 is 14.3 Å². The summed E-state index contributed by atoms with van der Waals surface area (Å²) in [5.74, 6) is -0.658. The van der Waals surface area contributed by atoms with Crippen LogP contribution in [-0.2, 0) is 14.3 Å². The molecule has 0 radical (unpaired) electrons. The van der Waals surface area contributed by atoms with Crippen molar-refractivity contribution in [3.63, 3.8) is 0 Å². The Morgan fingerprint density at radius 1 is 1.35 bits per heavy atom. The van der Waals surface area contributed by atoms with Crippen molar-refractivity contribution in [3.8, 4) is 0 Å². The Morgan fingerprint density at radius 2 is 1.85 bits per heavy atom. The van der Waals surface area contributed by atoms with Crippen LogP contribution in [0.4, 0.5) is 0 Å². The highest BCUT2D eigenvalue weighted by molar-refractivity contribution is 5.91. The maximum atomic E-state index is 10.9. The number of carbonyl (C=O) groups is 2. The fraction of sp³-hybridized carbons (Fsp3) is 0.600. The molecule has 0 aliphatic heterocycles. The van der Waals surface area contributed by atoms with Crippen LogP contribution < -0.4 is 5.73 Å².